The number of nitrogens with one attached hydrogen (secondary N) is 2. The monoisotopic (exact) mass is 470 g/mol. The van der Waals surface area contributed by atoms with Crippen LogP contribution < -0.4 is 10.6 Å². The van der Waals surface area contributed by atoms with Crippen molar-refractivity contribution in [3.8, 4) is 0 Å². The van der Waals surface area contributed by atoms with Gasteiger partial charge in [0.1, 0.15) is 0 Å². The topological polar surface area (TPSA) is 41.1 Å². The summed E-state index contributed by atoms with van der Waals surface area (Å²) in [5.41, 5.74) is 3.50. The predicted octanol–water partition coefficient (Wildman–Crippen LogP) is 6.76. The Labute approximate surface area is 207 Å². The summed E-state index contributed by atoms with van der Waals surface area (Å²) in [6.07, 6.45) is 6.60. The van der Waals surface area contributed by atoms with Gasteiger partial charge in [0.2, 0.25) is 0 Å². The zero-order valence-electron chi connectivity index (χ0n) is 19.3. The third-order valence-corrected chi connectivity index (χ3v) is 6.60. The average Bonchev–Trinajstić information content (AvgIpc) is 2.87. The molecule has 0 spiro atoms. The minimum absolute atomic E-state index is 0. The van der Waals surface area contributed by atoms with Crippen LogP contribution in [0.2, 0.25) is 0 Å². The van der Waals surface area contributed by atoms with E-state index in [0.29, 0.717) is 12.6 Å². The van der Waals surface area contributed by atoms with Crippen LogP contribution in [-0.4, -0.2) is 25.0 Å². The molecule has 2 N–H and O–H groups in total. The Hall–Kier alpha value is -3.14. The van der Waals surface area contributed by atoms with Crippen molar-refractivity contribution in [3.05, 3.63) is 102 Å². The van der Waals surface area contributed by atoms with Gasteiger partial charge >= 0.3 is 0 Å². The van der Waals surface area contributed by atoms with Gasteiger partial charge in [-0.1, -0.05) is 73.2 Å². The van der Waals surface area contributed by atoms with E-state index in [1.54, 1.807) is 0 Å². The minimum atomic E-state index is 0. The lowest BCUT2D eigenvalue weighted by atomic mass is 9.93. The molecular formula is C30H31ClN2O. The van der Waals surface area contributed by atoms with Crippen LogP contribution in [0, 0.1) is 0 Å². The molecule has 174 valence electrons. The Balaban J connectivity index is 0.00000274. The zero-order chi connectivity index (χ0) is 22.5. The number of halogens is 1. The van der Waals surface area contributed by atoms with Gasteiger partial charge in [-0.05, 0) is 76.2 Å². The van der Waals surface area contributed by atoms with E-state index in [4.69, 9.17) is 0 Å². The van der Waals surface area contributed by atoms with Gasteiger partial charge in [0.25, 0.3) is 5.91 Å². The summed E-state index contributed by atoms with van der Waals surface area (Å²) < 4.78 is 0. The summed E-state index contributed by atoms with van der Waals surface area (Å²) in [7, 11) is 0. The third-order valence-electron chi connectivity index (χ3n) is 6.60. The first-order valence-corrected chi connectivity index (χ1v) is 11.9. The van der Waals surface area contributed by atoms with Gasteiger partial charge in [-0.15, -0.1) is 12.4 Å². The van der Waals surface area contributed by atoms with Crippen LogP contribution in [0.4, 0.5) is 0 Å². The van der Waals surface area contributed by atoms with Crippen LogP contribution in [0.3, 0.4) is 0 Å². The first-order chi connectivity index (χ1) is 16.3. The number of amides is 1. The number of rotatable bonds is 7. The average molecular weight is 471 g/mol. The number of fused-ring (bicyclic) bond motifs is 2. The van der Waals surface area contributed by atoms with Crippen molar-refractivity contribution in [2.75, 3.05) is 13.1 Å². The first-order valence-electron chi connectivity index (χ1n) is 11.9. The van der Waals surface area contributed by atoms with Crippen LogP contribution in [0.1, 0.15) is 41.6 Å². The summed E-state index contributed by atoms with van der Waals surface area (Å²) in [4.78, 5) is 12.7. The van der Waals surface area contributed by atoms with E-state index in [1.165, 1.54) is 21.9 Å². The quantitative estimate of drug-likeness (QED) is 0.231. The Morgan fingerprint density at radius 3 is 2.32 bits per heavy atom. The molecule has 3 nitrogen and oxygen atoms in total. The van der Waals surface area contributed by atoms with Crippen molar-refractivity contribution >= 4 is 45.4 Å². The van der Waals surface area contributed by atoms with Gasteiger partial charge < -0.3 is 10.6 Å². The van der Waals surface area contributed by atoms with Gasteiger partial charge in [-0.2, -0.15) is 0 Å². The number of benzene rings is 4. The summed E-state index contributed by atoms with van der Waals surface area (Å²) in [6, 6.07) is 29.8. The van der Waals surface area contributed by atoms with E-state index < -0.39 is 0 Å². The van der Waals surface area contributed by atoms with Crippen LogP contribution in [-0.2, 0) is 0 Å². The molecule has 1 atom stereocenters. The normalized spacial score (nSPS) is 15.5. The van der Waals surface area contributed by atoms with E-state index in [9.17, 15) is 4.79 Å². The molecule has 4 aromatic rings. The second kappa shape index (κ2) is 11.3. The van der Waals surface area contributed by atoms with Gasteiger partial charge in [0.15, 0.2) is 0 Å². The summed E-state index contributed by atoms with van der Waals surface area (Å²) in [5, 5.41) is 11.4. The second-order valence-electron chi connectivity index (χ2n) is 8.92. The molecule has 1 aliphatic rings. The van der Waals surface area contributed by atoms with Crippen molar-refractivity contribution in [2.24, 2.45) is 0 Å². The van der Waals surface area contributed by atoms with Gasteiger partial charge in [0, 0.05) is 24.7 Å². The van der Waals surface area contributed by atoms with Gasteiger partial charge in [0.05, 0.1) is 0 Å². The minimum Gasteiger partial charge on any atom is -0.352 e. The molecule has 0 saturated carbocycles. The number of hydrogen-bond donors (Lipinski definition) is 2. The first kappa shape index (κ1) is 24.0. The van der Waals surface area contributed by atoms with E-state index in [2.05, 4.69) is 77.4 Å². The molecule has 0 bridgehead atoms. The maximum atomic E-state index is 12.7. The standard InChI is InChI=1S/C30H30N2O.ClH/c33-30(27-14-13-25-18-23-10-4-5-11-24(23)19-28(25)20-27)32-16-7-6-12-29-21-26(15-17-31-29)22-8-2-1-3-9-22;/h1-5,8-11,13-15,18-20,29,31H,6-7,12,16-17,21H2,(H,32,33);1H. The van der Waals surface area contributed by atoms with Crippen LogP contribution in [0.25, 0.3) is 27.1 Å². The third kappa shape index (κ3) is 5.67. The molecule has 1 aliphatic heterocycles. The molecule has 1 unspecified atom stereocenters. The molecule has 0 saturated heterocycles. The lowest BCUT2D eigenvalue weighted by Crippen LogP contribution is -2.33. The number of carbonyl (C=O) groups excluding carboxylic acids is 1. The highest BCUT2D eigenvalue weighted by Gasteiger charge is 2.15. The van der Waals surface area contributed by atoms with Gasteiger partial charge in [-0.25, -0.2) is 0 Å². The van der Waals surface area contributed by atoms with Crippen LogP contribution in [0.15, 0.2) is 91.0 Å². The maximum absolute atomic E-state index is 12.7. The molecule has 5 rings (SSSR count). The Morgan fingerprint density at radius 2 is 1.53 bits per heavy atom. The van der Waals surface area contributed by atoms with Gasteiger partial charge in [-0.3, -0.25) is 4.79 Å². The van der Waals surface area contributed by atoms with E-state index in [-0.39, 0.29) is 18.3 Å². The molecule has 1 amide bonds. The fourth-order valence-electron chi connectivity index (χ4n) is 4.76. The zero-order valence-corrected chi connectivity index (χ0v) is 20.1. The Morgan fingerprint density at radius 1 is 0.824 bits per heavy atom. The SMILES string of the molecule is Cl.O=C(NCCCCC1CC(c2ccccc2)=CCN1)c1ccc2cc3ccccc3cc2c1. The highest BCUT2D eigenvalue weighted by atomic mass is 35.5. The predicted molar refractivity (Wildman–Crippen MR) is 146 cm³/mol. The van der Waals surface area contributed by atoms with Crippen molar-refractivity contribution in [2.45, 2.75) is 31.7 Å². The molecule has 0 aliphatic carbocycles. The molecule has 0 aromatic heterocycles. The fourth-order valence-corrected chi connectivity index (χ4v) is 4.76. The van der Waals surface area contributed by atoms with Crippen LogP contribution in [0.5, 0.6) is 0 Å². The van der Waals surface area contributed by atoms with Crippen molar-refractivity contribution in [3.63, 3.8) is 0 Å². The van der Waals surface area contributed by atoms with E-state index in [1.807, 2.05) is 24.3 Å². The lowest BCUT2D eigenvalue weighted by molar-refractivity contribution is 0.0953. The highest BCUT2D eigenvalue weighted by Crippen LogP contribution is 2.25. The number of unbranched alkanes of at least 4 members (excludes halogenated alkanes) is 1. The lowest BCUT2D eigenvalue weighted by Gasteiger charge is -2.24. The molecule has 0 radical (unpaired) electrons. The largest absolute Gasteiger partial charge is 0.352 e. The molecule has 1 heterocycles. The Bertz CT molecular complexity index is 1300. The van der Waals surface area contributed by atoms with E-state index >= 15 is 0 Å². The van der Waals surface area contributed by atoms with Crippen molar-refractivity contribution in [1.82, 2.24) is 10.6 Å². The van der Waals surface area contributed by atoms with Crippen molar-refractivity contribution < 1.29 is 4.79 Å². The van der Waals surface area contributed by atoms with Crippen LogP contribution >= 0.6 is 12.4 Å². The second-order valence-corrected chi connectivity index (χ2v) is 8.92. The Kier molecular flexibility index (Phi) is 7.99. The molecular weight excluding hydrogens is 440 g/mol. The maximum Gasteiger partial charge on any atom is 0.251 e. The summed E-state index contributed by atoms with van der Waals surface area (Å²) >= 11 is 0. The number of carbonyl (C=O) groups is 1. The number of hydrogen-bond acceptors (Lipinski definition) is 2. The summed E-state index contributed by atoms with van der Waals surface area (Å²) in [6.45, 7) is 1.64. The molecule has 34 heavy (non-hydrogen) atoms. The van der Waals surface area contributed by atoms with E-state index in [0.717, 1.165) is 48.6 Å². The molecule has 4 heteroatoms. The highest BCUT2D eigenvalue weighted by molar-refractivity contribution is 6.03. The molecule has 4 aromatic carbocycles. The fraction of sp³-hybridized carbons (Fsp3) is 0.233. The molecule has 0 fully saturated rings. The summed E-state index contributed by atoms with van der Waals surface area (Å²) in [5.74, 6) is 0.00940. The van der Waals surface area contributed by atoms with Crippen molar-refractivity contribution in [1.29, 1.82) is 0 Å². The smallest absolute Gasteiger partial charge is 0.251 e.